The van der Waals surface area contributed by atoms with Crippen LogP contribution in [0.1, 0.15) is 28.9 Å². The lowest BCUT2D eigenvalue weighted by Gasteiger charge is -2.15. The van der Waals surface area contributed by atoms with E-state index in [1.165, 1.54) is 12.1 Å². The first-order valence-electron chi connectivity index (χ1n) is 6.11. The summed E-state index contributed by atoms with van der Waals surface area (Å²) in [5, 5.41) is 0. The highest BCUT2D eigenvalue weighted by atomic mass is 19.1. The third-order valence-electron chi connectivity index (χ3n) is 2.84. The number of hydrogen-bond acceptors (Lipinski definition) is 3. The molecular formula is C15H15FN2O2. The molecule has 0 radical (unpaired) electrons. The number of halogens is 1. The molecule has 0 unspecified atom stereocenters. The van der Waals surface area contributed by atoms with E-state index in [1.807, 2.05) is 0 Å². The zero-order valence-corrected chi connectivity index (χ0v) is 11.0. The molecule has 20 heavy (non-hydrogen) atoms. The highest BCUT2D eigenvalue weighted by Gasteiger charge is 2.16. The van der Waals surface area contributed by atoms with Crippen LogP contribution < -0.4 is 16.2 Å². The van der Waals surface area contributed by atoms with Gasteiger partial charge in [0.25, 0.3) is 5.91 Å². The highest BCUT2D eigenvalue weighted by molar-refractivity contribution is 5.95. The summed E-state index contributed by atoms with van der Waals surface area (Å²) in [5.74, 6) is -0.519. The van der Waals surface area contributed by atoms with Crippen molar-refractivity contribution in [3.8, 4) is 11.5 Å². The number of primary amides is 1. The van der Waals surface area contributed by atoms with E-state index in [4.69, 9.17) is 16.2 Å². The van der Waals surface area contributed by atoms with Gasteiger partial charge in [-0.15, -0.1) is 0 Å². The van der Waals surface area contributed by atoms with Gasteiger partial charge in [0.15, 0.2) is 0 Å². The maximum absolute atomic E-state index is 13.8. The first-order valence-corrected chi connectivity index (χ1v) is 6.11. The SMILES string of the molecule is C[C@H](N)c1c(F)cccc1Oc1ccccc1C(N)=O. The fourth-order valence-corrected chi connectivity index (χ4v) is 1.93. The molecule has 4 nitrogen and oxygen atoms in total. The van der Waals surface area contributed by atoms with Gasteiger partial charge in [0.2, 0.25) is 0 Å². The van der Waals surface area contributed by atoms with E-state index in [0.717, 1.165) is 0 Å². The summed E-state index contributed by atoms with van der Waals surface area (Å²) < 4.78 is 19.4. The van der Waals surface area contributed by atoms with Crippen molar-refractivity contribution < 1.29 is 13.9 Å². The van der Waals surface area contributed by atoms with Gasteiger partial charge in [0, 0.05) is 11.6 Å². The van der Waals surface area contributed by atoms with E-state index in [2.05, 4.69) is 0 Å². The molecule has 5 heteroatoms. The molecule has 0 fully saturated rings. The fraction of sp³-hybridized carbons (Fsp3) is 0.133. The van der Waals surface area contributed by atoms with Gasteiger partial charge in [-0.1, -0.05) is 18.2 Å². The van der Waals surface area contributed by atoms with Crippen molar-refractivity contribution in [1.82, 2.24) is 0 Å². The number of para-hydroxylation sites is 1. The second kappa shape index (κ2) is 5.71. The van der Waals surface area contributed by atoms with Crippen LogP contribution in [-0.2, 0) is 0 Å². The third kappa shape index (κ3) is 2.78. The van der Waals surface area contributed by atoms with E-state index in [9.17, 15) is 9.18 Å². The van der Waals surface area contributed by atoms with Crippen LogP contribution >= 0.6 is 0 Å². The molecule has 0 saturated heterocycles. The van der Waals surface area contributed by atoms with Crippen LogP contribution in [0.2, 0.25) is 0 Å². The normalized spacial score (nSPS) is 11.9. The Morgan fingerprint density at radius 1 is 1.15 bits per heavy atom. The van der Waals surface area contributed by atoms with Crippen molar-refractivity contribution in [2.24, 2.45) is 11.5 Å². The molecule has 1 amide bonds. The Kier molecular flexibility index (Phi) is 4.00. The Morgan fingerprint density at radius 3 is 2.45 bits per heavy atom. The van der Waals surface area contributed by atoms with Crippen LogP contribution in [0.4, 0.5) is 4.39 Å². The molecule has 2 rings (SSSR count). The molecule has 2 aromatic rings. The summed E-state index contributed by atoms with van der Waals surface area (Å²) in [6.45, 7) is 1.66. The van der Waals surface area contributed by atoms with Crippen molar-refractivity contribution in [3.63, 3.8) is 0 Å². The molecule has 1 atom stereocenters. The quantitative estimate of drug-likeness (QED) is 0.899. The van der Waals surface area contributed by atoms with Crippen LogP contribution in [0.15, 0.2) is 42.5 Å². The molecule has 104 valence electrons. The molecule has 0 aliphatic heterocycles. The number of carbonyl (C=O) groups is 1. The lowest BCUT2D eigenvalue weighted by molar-refractivity contribution is 0.0998. The Morgan fingerprint density at radius 2 is 1.80 bits per heavy atom. The Balaban J connectivity index is 2.46. The van der Waals surface area contributed by atoms with Gasteiger partial charge in [0.05, 0.1) is 5.56 Å². The largest absolute Gasteiger partial charge is 0.456 e. The maximum Gasteiger partial charge on any atom is 0.252 e. The average molecular weight is 274 g/mol. The van der Waals surface area contributed by atoms with Crippen molar-refractivity contribution in [2.45, 2.75) is 13.0 Å². The van der Waals surface area contributed by atoms with E-state index < -0.39 is 17.8 Å². The van der Waals surface area contributed by atoms with Crippen LogP contribution in [0.25, 0.3) is 0 Å². The van der Waals surface area contributed by atoms with Gasteiger partial charge in [0.1, 0.15) is 17.3 Å². The van der Waals surface area contributed by atoms with E-state index in [0.29, 0.717) is 0 Å². The second-order valence-electron chi connectivity index (χ2n) is 4.40. The van der Waals surface area contributed by atoms with Gasteiger partial charge in [-0.05, 0) is 31.2 Å². The summed E-state index contributed by atoms with van der Waals surface area (Å²) in [5.41, 5.74) is 11.5. The number of rotatable bonds is 4. The summed E-state index contributed by atoms with van der Waals surface area (Å²) >= 11 is 0. The maximum atomic E-state index is 13.8. The van der Waals surface area contributed by atoms with Crippen LogP contribution in [0.5, 0.6) is 11.5 Å². The smallest absolute Gasteiger partial charge is 0.252 e. The van der Waals surface area contributed by atoms with E-state index in [-0.39, 0.29) is 22.6 Å². The molecule has 0 aromatic heterocycles. The monoisotopic (exact) mass is 274 g/mol. The van der Waals surface area contributed by atoms with Gasteiger partial charge >= 0.3 is 0 Å². The predicted molar refractivity (Wildman–Crippen MR) is 74.0 cm³/mol. The average Bonchev–Trinajstić information content (AvgIpc) is 2.38. The van der Waals surface area contributed by atoms with Gasteiger partial charge < -0.3 is 16.2 Å². The number of hydrogen-bond donors (Lipinski definition) is 2. The number of benzene rings is 2. The third-order valence-corrected chi connectivity index (χ3v) is 2.84. The Labute approximate surface area is 116 Å². The molecule has 0 spiro atoms. The first kappa shape index (κ1) is 14.0. The molecule has 0 heterocycles. The zero-order valence-electron chi connectivity index (χ0n) is 11.0. The summed E-state index contributed by atoms with van der Waals surface area (Å²) in [6.07, 6.45) is 0. The summed E-state index contributed by atoms with van der Waals surface area (Å²) in [6, 6.07) is 10.4. The topological polar surface area (TPSA) is 78.3 Å². The van der Waals surface area contributed by atoms with Gasteiger partial charge in [-0.2, -0.15) is 0 Å². The van der Waals surface area contributed by atoms with Gasteiger partial charge in [-0.3, -0.25) is 4.79 Å². The van der Waals surface area contributed by atoms with Crippen molar-refractivity contribution in [3.05, 3.63) is 59.4 Å². The molecule has 2 aromatic carbocycles. The number of nitrogens with two attached hydrogens (primary N) is 2. The van der Waals surface area contributed by atoms with E-state index in [1.54, 1.807) is 37.3 Å². The minimum absolute atomic E-state index is 0.229. The Bertz CT molecular complexity index is 642. The van der Waals surface area contributed by atoms with Crippen LogP contribution in [0, 0.1) is 5.82 Å². The molecule has 0 aliphatic rings. The van der Waals surface area contributed by atoms with E-state index >= 15 is 0 Å². The molecule has 0 saturated carbocycles. The Hall–Kier alpha value is -2.40. The second-order valence-corrected chi connectivity index (χ2v) is 4.40. The minimum atomic E-state index is -0.612. The van der Waals surface area contributed by atoms with Crippen LogP contribution in [-0.4, -0.2) is 5.91 Å². The molecule has 0 bridgehead atoms. The number of carbonyl (C=O) groups excluding carboxylic acids is 1. The first-order chi connectivity index (χ1) is 9.50. The molecule has 4 N–H and O–H groups in total. The number of ether oxygens (including phenoxy) is 1. The zero-order chi connectivity index (χ0) is 14.7. The fourth-order valence-electron chi connectivity index (χ4n) is 1.93. The van der Waals surface area contributed by atoms with Crippen molar-refractivity contribution in [1.29, 1.82) is 0 Å². The number of amides is 1. The lowest BCUT2D eigenvalue weighted by Crippen LogP contribution is -2.13. The highest BCUT2D eigenvalue weighted by Crippen LogP contribution is 2.32. The van der Waals surface area contributed by atoms with Gasteiger partial charge in [-0.25, -0.2) is 4.39 Å². The summed E-state index contributed by atoms with van der Waals surface area (Å²) in [4.78, 5) is 11.3. The predicted octanol–water partition coefficient (Wildman–Crippen LogP) is 2.74. The summed E-state index contributed by atoms with van der Waals surface area (Å²) in [7, 11) is 0. The molecule has 0 aliphatic carbocycles. The minimum Gasteiger partial charge on any atom is -0.456 e. The van der Waals surface area contributed by atoms with Crippen molar-refractivity contribution in [2.75, 3.05) is 0 Å². The molecular weight excluding hydrogens is 259 g/mol. The lowest BCUT2D eigenvalue weighted by atomic mass is 10.1. The van der Waals surface area contributed by atoms with Crippen molar-refractivity contribution >= 4 is 5.91 Å². The standard InChI is InChI=1S/C15H15FN2O2/c1-9(17)14-11(16)6-4-8-13(14)20-12-7-3-2-5-10(12)15(18)19/h2-9H,17H2,1H3,(H2,18,19)/t9-/m0/s1. The van der Waals surface area contributed by atoms with Crippen LogP contribution in [0.3, 0.4) is 0 Å².